The topological polar surface area (TPSA) is 48.0 Å². The highest BCUT2D eigenvalue weighted by Crippen LogP contribution is 2.36. The molecule has 0 bridgehead atoms. The van der Waals surface area contributed by atoms with Crippen LogP contribution in [0.1, 0.15) is 55.1 Å². The number of hydrogen-bond donors (Lipinski definition) is 3. The summed E-state index contributed by atoms with van der Waals surface area (Å²) >= 11 is 0. The van der Waals surface area contributed by atoms with Crippen molar-refractivity contribution in [3.05, 3.63) is 40.2 Å². The Morgan fingerprint density at radius 2 is 2.05 bits per heavy atom. The second kappa shape index (κ2) is 5.71. The minimum absolute atomic E-state index is 0.404. The van der Waals surface area contributed by atoms with Crippen LogP contribution in [0.2, 0.25) is 0 Å². The lowest BCUT2D eigenvalue weighted by molar-refractivity contribution is 0.186. The van der Waals surface area contributed by atoms with E-state index in [4.69, 9.17) is 0 Å². The average Bonchev–Trinajstić information content (AvgIpc) is 3.05. The van der Waals surface area contributed by atoms with E-state index in [2.05, 4.69) is 35.5 Å². The van der Waals surface area contributed by atoms with Gasteiger partial charge >= 0.3 is 0 Å². The van der Waals surface area contributed by atoms with Gasteiger partial charge in [-0.05, 0) is 67.7 Å². The van der Waals surface area contributed by atoms with Gasteiger partial charge in [-0.2, -0.15) is 0 Å². The van der Waals surface area contributed by atoms with Gasteiger partial charge in [-0.3, -0.25) is 5.32 Å². The predicted molar refractivity (Wildman–Crippen MR) is 89.6 cm³/mol. The first-order valence-electron chi connectivity index (χ1n) is 8.81. The molecule has 0 radical (unpaired) electrons. The average molecular weight is 298 g/mol. The molecule has 2 aliphatic carbocycles. The summed E-state index contributed by atoms with van der Waals surface area (Å²) in [6.45, 7) is 2.25. The summed E-state index contributed by atoms with van der Waals surface area (Å²) < 4.78 is 0. The predicted octanol–water partition coefficient (Wildman–Crippen LogP) is 3.10. The van der Waals surface area contributed by atoms with Crippen molar-refractivity contribution in [2.75, 3.05) is 0 Å². The van der Waals surface area contributed by atoms with E-state index >= 15 is 0 Å². The molecule has 0 amide bonds. The lowest BCUT2D eigenvalue weighted by Gasteiger charge is -2.20. The summed E-state index contributed by atoms with van der Waals surface area (Å²) in [7, 11) is 0. The molecule has 1 aromatic rings. The molecule has 1 fully saturated rings. The highest BCUT2D eigenvalue weighted by Gasteiger charge is 2.37. The van der Waals surface area contributed by atoms with Crippen LogP contribution >= 0.6 is 0 Å². The van der Waals surface area contributed by atoms with E-state index in [0.29, 0.717) is 12.0 Å². The molecular formula is C19H26N2O. The lowest BCUT2D eigenvalue weighted by atomic mass is 9.86. The zero-order chi connectivity index (χ0) is 15.1. The minimum Gasteiger partial charge on any atom is -0.375 e. The summed E-state index contributed by atoms with van der Waals surface area (Å²) in [5, 5.41) is 13.8. The van der Waals surface area contributed by atoms with Crippen molar-refractivity contribution in [1.82, 2.24) is 10.3 Å². The summed E-state index contributed by atoms with van der Waals surface area (Å²) in [5.74, 6) is 0.449. The number of hydrogen-bond acceptors (Lipinski definition) is 2. The molecule has 4 rings (SSSR count). The van der Waals surface area contributed by atoms with Gasteiger partial charge < -0.3 is 10.1 Å². The molecule has 3 nitrogen and oxygen atoms in total. The van der Waals surface area contributed by atoms with E-state index < -0.39 is 6.23 Å². The molecule has 1 aromatic heterocycles. The van der Waals surface area contributed by atoms with Gasteiger partial charge in [0.05, 0.1) is 0 Å². The fraction of sp³-hybridized carbons (Fsp3) is 0.579. The van der Waals surface area contributed by atoms with Crippen molar-refractivity contribution in [1.29, 1.82) is 0 Å². The molecule has 3 atom stereocenters. The standard InChI is InChI=1S/C19H26N2O/c1-2-12-13-7-3-5-9-16(13)20-18(12)11-15-14-8-4-6-10-17(14)21-19(15)22/h4,6,11,14,17,19-22H,2-3,5,7-10H2,1H3/b15-11-. The number of aryl methyl sites for hydroxylation is 1. The Hall–Kier alpha value is -1.32. The maximum atomic E-state index is 10.4. The number of rotatable bonds is 2. The number of aromatic nitrogens is 1. The van der Waals surface area contributed by atoms with Gasteiger partial charge in [0.1, 0.15) is 6.23 Å². The molecule has 3 unspecified atom stereocenters. The van der Waals surface area contributed by atoms with Crippen LogP contribution in [0.3, 0.4) is 0 Å². The van der Waals surface area contributed by atoms with Gasteiger partial charge in [-0.1, -0.05) is 19.1 Å². The first-order valence-corrected chi connectivity index (χ1v) is 8.81. The van der Waals surface area contributed by atoms with Crippen molar-refractivity contribution in [2.24, 2.45) is 5.92 Å². The van der Waals surface area contributed by atoms with Crippen molar-refractivity contribution < 1.29 is 5.11 Å². The summed E-state index contributed by atoms with van der Waals surface area (Å²) in [5.41, 5.74) is 6.89. The smallest absolute Gasteiger partial charge is 0.128 e. The number of aliphatic hydroxyl groups excluding tert-OH is 1. The van der Waals surface area contributed by atoms with Gasteiger partial charge in [0.15, 0.2) is 0 Å². The first kappa shape index (κ1) is 14.3. The van der Waals surface area contributed by atoms with Crippen molar-refractivity contribution in [3.63, 3.8) is 0 Å². The second-order valence-corrected chi connectivity index (χ2v) is 6.90. The van der Waals surface area contributed by atoms with E-state index in [1.54, 1.807) is 5.56 Å². The summed E-state index contributed by atoms with van der Waals surface area (Å²) in [6, 6.07) is 0.404. The van der Waals surface area contributed by atoms with E-state index in [0.717, 1.165) is 19.3 Å². The number of H-pyrrole nitrogens is 1. The van der Waals surface area contributed by atoms with Crippen molar-refractivity contribution >= 4 is 6.08 Å². The molecule has 0 saturated carbocycles. The maximum absolute atomic E-state index is 10.4. The Balaban J connectivity index is 1.72. The molecule has 1 aliphatic heterocycles. The van der Waals surface area contributed by atoms with Gasteiger partial charge in [0, 0.05) is 23.3 Å². The van der Waals surface area contributed by atoms with E-state index in [1.165, 1.54) is 48.2 Å². The third kappa shape index (κ3) is 2.27. The third-order valence-electron chi connectivity index (χ3n) is 5.66. The van der Waals surface area contributed by atoms with Crippen LogP contribution in [-0.2, 0) is 19.3 Å². The summed E-state index contributed by atoms with van der Waals surface area (Å²) in [6.07, 6.45) is 14.4. The Kier molecular flexibility index (Phi) is 3.71. The van der Waals surface area contributed by atoms with Crippen molar-refractivity contribution in [2.45, 2.75) is 64.1 Å². The Bertz CT molecular complexity index is 626. The van der Waals surface area contributed by atoms with E-state index in [9.17, 15) is 5.11 Å². The highest BCUT2D eigenvalue weighted by atomic mass is 16.3. The van der Waals surface area contributed by atoms with Gasteiger partial charge in [0.25, 0.3) is 0 Å². The number of fused-ring (bicyclic) bond motifs is 2. The molecular weight excluding hydrogens is 272 g/mol. The zero-order valence-electron chi connectivity index (χ0n) is 13.4. The Labute approximate surface area is 132 Å². The molecule has 1 saturated heterocycles. The molecule has 22 heavy (non-hydrogen) atoms. The SMILES string of the molecule is CCc1c(/C=C2\C(O)NC3CC=CCC23)[nH]c2c1CCCC2. The van der Waals surface area contributed by atoms with E-state index in [-0.39, 0.29) is 0 Å². The first-order chi connectivity index (χ1) is 10.8. The van der Waals surface area contributed by atoms with Crippen LogP contribution in [-0.4, -0.2) is 22.4 Å². The summed E-state index contributed by atoms with van der Waals surface area (Å²) in [4.78, 5) is 3.66. The van der Waals surface area contributed by atoms with Crippen LogP contribution in [0.15, 0.2) is 17.7 Å². The number of aromatic amines is 1. The molecule has 3 aliphatic rings. The molecule has 3 N–H and O–H groups in total. The minimum atomic E-state index is -0.486. The van der Waals surface area contributed by atoms with Crippen LogP contribution in [0, 0.1) is 5.92 Å². The molecule has 118 valence electrons. The fourth-order valence-electron chi connectivity index (χ4n) is 4.53. The van der Waals surface area contributed by atoms with Crippen LogP contribution in [0.25, 0.3) is 6.08 Å². The zero-order valence-corrected chi connectivity index (χ0v) is 13.4. The lowest BCUT2D eigenvalue weighted by Crippen LogP contribution is -2.31. The van der Waals surface area contributed by atoms with Gasteiger partial charge in [-0.15, -0.1) is 0 Å². The van der Waals surface area contributed by atoms with Gasteiger partial charge in [-0.25, -0.2) is 0 Å². The quantitative estimate of drug-likeness (QED) is 0.735. The normalized spacial score (nSPS) is 32.3. The molecule has 2 heterocycles. The number of aliphatic hydroxyl groups is 1. The second-order valence-electron chi connectivity index (χ2n) is 6.90. The number of nitrogens with one attached hydrogen (secondary N) is 2. The highest BCUT2D eigenvalue weighted by molar-refractivity contribution is 5.60. The van der Waals surface area contributed by atoms with Crippen LogP contribution in [0.4, 0.5) is 0 Å². The van der Waals surface area contributed by atoms with Gasteiger partial charge in [0.2, 0.25) is 0 Å². The molecule has 0 spiro atoms. The Morgan fingerprint density at radius 1 is 1.23 bits per heavy atom. The largest absolute Gasteiger partial charge is 0.375 e. The monoisotopic (exact) mass is 298 g/mol. The fourth-order valence-corrected chi connectivity index (χ4v) is 4.53. The van der Waals surface area contributed by atoms with Crippen molar-refractivity contribution in [3.8, 4) is 0 Å². The van der Waals surface area contributed by atoms with Crippen LogP contribution in [0.5, 0.6) is 0 Å². The molecule has 0 aromatic carbocycles. The molecule has 3 heteroatoms. The maximum Gasteiger partial charge on any atom is 0.128 e. The third-order valence-corrected chi connectivity index (χ3v) is 5.66. The number of allylic oxidation sites excluding steroid dienone is 1. The van der Waals surface area contributed by atoms with Crippen LogP contribution < -0.4 is 5.32 Å². The van der Waals surface area contributed by atoms with E-state index in [1.807, 2.05) is 0 Å². The Morgan fingerprint density at radius 3 is 2.91 bits per heavy atom.